The molecule has 1 aliphatic rings. The fourth-order valence-corrected chi connectivity index (χ4v) is 2.41. The molecule has 4 heteroatoms. The molecule has 1 aliphatic carbocycles. The number of halogens is 1. The van der Waals surface area contributed by atoms with Gasteiger partial charge in [-0.3, -0.25) is 0 Å². The summed E-state index contributed by atoms with van der Waals surface area (Å²) in [6, 6.07) is 6.83. The number of methoxy groups -OCH3 is 1. The van der Waals surface area contributed by atoms with Crippen molar-refractivity contribution >= 4 is 5.69 Å². The molecule has 0 heterocycles. The van der Waals surface area contributed by atoms with Crippen molar-refractivity contribution < 1.29 is 9.13 Å². The molecular weight excluding hydrogens is 231 g/mol. The SMILES string of the molecule is COc1ccc(F)cc1N(C)CC1(C#N)CCC1. The molecule has 1 saturated carbocycles. The largest absolute Gasteiger partial charge is 0.495 e. The maximum absolute atomic E-state index is 13.3. The van der Waals surface area contributed by atoms with Crippen LogP contribution in [-0.4, -0.2) is 20.7 Å². The van der Waals surface area contributed by atoms with E-state index in [1.165, 1.54) is 12.1 Å². The lowest BCUT2D eigenvalue weighted by molar-refractivity contribution is 0.222. The Morgan fingerprint density at radius 3 is 2.72 bits per heavy atom. The standard InChI is InChI=1S/C14H17FN2O/c1-17(10-14(9-16)6-3-7-14)12-8-11(15)4-5-13(12)18-2/h4-5,8H,3,6-7,10H2,1-2H3. The van der Waals surface area contributed by atoms with E-state index < -0.39 is 0 Å². The van der Waals surface area contributed by atoms with Crippen LogP contribution >= 0.6 is 0 Å². The number of rotatable bonds is 4. The van der Waals surface area contributed by atoms with Crippen molar-refractivity contribution in [2.75, 3.05) is 25.6 Å². The molecule has 3 nitrogen and oxygen atoms in total. The van der Waals surface area contributed by atoms with Crippen molar-refractivity contribution in [1.82, 2.24) is 0 Å². The minimum Gasteiger partial charge on any atom is -0.495 e. The Morgan fingerprint density at radius 2 is 2.22 bits per heavy atom. The predicted molar refractivity (Wildman–Crippen MR) is 68.1 cm³/mol. The molecule has 0 aliphatic heterocycles. The Labute approximate surface area is 107 Å². The maximum Gasteiger partial charge on any atom is 0.142 e. The van der Waals surface area contributed by atoms with Gasteiger partial charge in [-0.25, -0.2) is 4.39 Å². The van der Waals surface area contributed by atoms with Crippen LogP contribution in [0.4, 0.5) is 10.1 Å². The minimum absolute atomic E-state index is 0.272. The quantitative estimate of drug-likeness (QED) is 0.822. The third kappa shape index (κ3) is 2.26. The van der Waals surface area contributed by atoms with E-state index in [9.17, 15) is 9.65 Å². The van der Waals surface area contributed by atoms with E-state index >= 15 is 0 Å². The van der Waals surface area contributed by atoms with Gasteiger partial charge in [0.15, 0.2) is 0 Å². The molecule has 0 aromatic heterocycles. The molecule has 0 saturated heterocycles. The van der Waals surface area contributed by atoms with Crippen LogP contribution in [0.3, 0.4) is 0 Å². The Hall–Kier alpha value is -1.76. The van der Waals surface area contributed by atoms with E-state index in [2.05, 4.69) is 6.07 Å². The lowest BCUT2D eigenvalue weighted by Crippen LogP contribution is -2.39. The molecule has 18 heavy (non-hydrogen) atoms. The molecule has 1 fully saturated rings. The summed E-state index contributed by atoms with van der Waals surface area (Å²) in [6.45, 7) is 0.614. The van der Waals surface area contributed by atoms with Gasteiger partial charge in [-0.2, -0.15) is 5.26 Å². The van der Waals surface area contributed by atoms with Crippen molar-refractivity contribution in [2.45, 2.75) is 19.3 Å². The van der Waals surface area contributed by atoms with Gasteiger partial charge < -0.3 is 9.64 Å². The first-order valence-corrected chi connectivity index (χ1v) is 6.06. The van der Waals surface area contributed by atoms with Gasteiger partial charge in [0.05, 0.1) is 24.3 Å². The number of anilines is 1. The summed E-state index contributed by atoms with van der Waals surface area (Å²) >= 11 is 0. The molecule has 2 rings (SSSR count). The van der Waals surface area contributed by atoms with Gasteiger partial charge in [-0.15, -0.1) is 0 Å². The molecule has 1 aromatic carbocycles. The minimum atomic E-state index is -0.294. The van der Waals surface area contributed by atoms with Crippen LogP contribution in [0.25, 0.3) is 0 Å². The monoisotopic (exact) mass is 248 g/mol. The van der Waals surface area contributed by atoms with Crippen molar-refractivity contribution in [3.63, 3.8) is 0 Å². The van der Waals surface area contributed by atoms with Crippen LogP contribution in [-0.2, 0) is 0 Å². The number of hydrogen-bond donors (Lipinski definition) is 0. The van der Waals surface area contributed by atoms with Crippen LogP contribution in [0.2, 0.25) is 0 Å². The van der Waals surface area contributed by atoms with Gasteiger partial charge in [-0.1, -0.05) is 6.42 Å². The Balaban J connectivity index is 2.20. The van der Waals surface area contributed by atoms with Gasteiger partial charge in [0.25, 0.3) is 0 Å². The number of benzene rings is 1. The highest BCUT2D eigenvalue weighted by Gasteiger charge is 2.38. The van der Waals surface area contributed by atoms with E-state index in [-0.39, 0.29) is 11.2 Å². The molecule has 0 atom stereocenters. The first-order chi connectivity index (χ1) is 8.60. The molecule has 0 spiro atoms. The van der Waals surface area contributed by atoms with Crippen molar-refractivity contribution in [2.24, 2.45) is 5.41 Å². The second-order valence-electron chi connectivity index (χ2n) is 4.92. The summed E-state index contributed by atoms with van der Waals surface area (Å²) in [6.07, 6.45) is 2.94. The summed E-state index contributed by atoms with van der Waals surface area (Å²) in [5.41, 5.74) is 0.422. The highest BCUT2D eigenvalue weighted by molar-refractivity contribution is 5.58. The normalized spacial score (nSPS) is 16.6. The van der Waals surface area contributed by atoms with E-state index in [1.807, 2.05) is 11.9 Å². The van der Waals surface area contributed by atoms with E-state index in [0.717, 1.165) is 19.3 Å². The zero-order valence-electron chi connectivity index (χ0n) is 10.7. The molecule has 96 valence electrons. The molecule has 0 amide bonds. The smallest absolute Gasteiger partial charge is 0.142 e. The highest BCUT2D eigenvalue weighted by Crippen LogP contribution is 2.42. The summed E-state index contributed by atoms with van der Waals surface area (Å²) < 4.78 is 18.5. The lowest BCUT2D eigenvalue weighted by atomic mass is 9.69. The van der Waals surface area contributed by atoms with Crippen LogP contribution in [0.5, 0.6) is 5.75 Å². The highest BCUT2D eigenvalue weighted by atomic mass is 19.1. The van der Waals surface area contributed by atoms with Crippen molar-refractivity contribution in [3.05, 3.63) is 24.0 Å². The van der Waals surface area contributed by atoms with Gasteiger partial charge in [-0.05, 0) is 25.0 Å². The van der Waals surface area contributed by atoms with Gasteiger partial charge in [0, 0.05) is 19.7 Å². The molecule has 0 unspecified atom stereocenters. The van der Waals surface area contributed by atoms with Crippen LogP contribution in [0.1, 0.15) is 19.3 Å². The lowest BCUT2D eigenvalue weighted by Gasteiger charge is -2.39. The number of nitriles is 1. The number of ether oxygens (including phenoxy) is 1. The Kier molecular flexibility index (Phi) is 3.42. The zero-order chi connectivity index (χ0) is 13.2. The summed E-state index contributed by atoms with van der Waals surface area (Å²) in [4.78, 5) is 1.91. The topological polar surface area (TPSA) is 36.3 Å². The third-order valence-corrected chi connectivity index (χ3v) is 3.64. The van der Waals surface area contributed by atoms with E-state index in [1.54, 1.807) is 13.2 Å². The molecule has 0 N–H and O–H groups in total. The van der Waals surface area contributed by atoms with Crippen LogP contribution in [0, 0.1) is 22.6 Å². The second kappa shape index (κ2) is 4.85. The number of nitrogens with zero attached hydrogens (tertiary/aromatic N) is 2. The first-order valence-electron chi connectivity index (χ1n) is 6.06. The van der Waals surface area contributed by atoms with E-state index in [4.69, 9.17) is 4.74 Å². The van der Waals surface area contributed by atoms with Crippen molar-refractivity contribution in [1.29, 1.82) is 5.26 Å². The summed E-state index contributed by atoms with van der Waals surface area (Å²) in [5, 5.41) is 9.23. The predicted octanol–water partition coefficient (Wildman–Crippen LogP) is 2.96. The fraction of sp³-hybridized carbons (Fsp3) is 0.500. The van der Waals surface area contributed by atoms with Crippen molar-refractivity contribution in [3.8, 4) is 11.8 Å². The Morgan fingerprint density at radius 1 is 1.50 bits per heavy atom. The van der Waals surface area contributed by atoms with Gasteiger partial charge in [0.1, 0.15) is 11.6 Å². The summed E-state index contributed by atoms with van der Waals surface area (Å²) in [5.74, 6) is 0.337. The second-order valence-corrected chi connectivity index (χ2v) is 4.92. The number of hydrogen-bond acceptors (Lipinski definition) is 3. The molecular formula is C14H17FN2O. The van der Waals surface area contributed by atoms with Crippen LogP contribution in [0.15, 0.2) is 18.2 Å². The Bertz CT molecular complexity index is 477. The van der Waals surface area contributed by atoms with Crippen LogP contribution < -0.4 is 9.64 Å². The maximum atomic E-state index is 13.3. The van der Waals surface area contributed by atoms with Gasteiger partial charge in [0.2, 0.25) is 0 Å². The average molecular weight is 248 g/mol. The third-order valence-electron chi connectivity index (χ3n) is 3.64. The summed E-state index contributed by atoms with van der Waals surface area (Å²) in [7, 11) is 3.43. The first kappa shape index (κ1) is 12.7. The van der Waals surface area contributed by atoms with Gasteiger partial charge >= 0.3 is 0 Å². The zero-order valence-corrected chi connectivity index (χ0v) is 10.7. The molecule has 1 aromatic rings. The fourth-order valence-electron chi connectivity index (χ4n) is 2.41. The molecule has 0 radical (unpaired) electrons. The van der Waals surface area contributed by atoms with E-state index in [0.29, 0.717) is 18.0 Å². The average Bonchev–Trinajstić information content (AvgIpc) is 2.33. The molecule has 0 bridgehead atoms.